The second kappa shape index (κ2) is 3.90. The molecule has 0 atom stereocenters. The van der Waals surface area contributed by atoms with E-state index in [1.807, 2.05) is 13.0 Å². The van der Waals surface area contributed by atoms with Crippen LogP contribution in [0.1, 0.15) is 5.82 Å². The molecule has 5 heteroatoms. The van der Waals surface area contributed by atoms with Crippen LogP contribution >= 0.6 is 11.6 Å². The monoisotopic (exact) mass is 223 g/mol. The van der Waals surface area contributed by atoms with E-state index in [4.69, 9.17) is 16.3 Å². The molecular weight excluding hydrogens is 214 g/mol. The van der Waals surface area contributed by atoms with Crippen LogP contribution in [0.25, 0.3) is 11.4 Å². The number of aryl methyl sites for hydroxylation is 1. The quantitative estimate of drug-likeness (QED) is 0.851. The van der Waals surface area contributed by atoms with Gasteiger partial charge in [0, 0.05) is 5.02 Å². The number of nitrogens with zero attached hydrogens (tertiary/aromatic N) is 2. The highest BCUT2D eigenvalue weighted by molar-refractivity contribution is 6.30. The summed E-state index contributed by atoms with van der Waals surface area (Å²) >= 11 is 5.86. The third-order valence-electron chi connectivity index (χ3n) is 2.00. The lowest BCUT2D eigenvalue weighted by molar-refractivity contribution is 0.416. The molecule has 0 unspecified atom stereocenters. The van der Waals surface area contributed by atoms with Crippen molar-refractivity contribution in [1.29, 1.82) is 0 Å². The Morgan fingerprint density at radius 2 is 2.20 bits per heavy atom. The molecule has 0 fully saturated rings. The van der Waals surface area contributed by atoms with Crippen molar-refractivity contribution in [2.45, 2.75) is 6.92 Å². The summed E-state index contributed by atoms with van der Waals surface area (Å²) in [5, 5.41) is 7.48. The fourth-order valence-electron chi connectivity index (χ4n) is 1.31. The van der Waals surface area contributed by atoms with Crippen LogP contribution in [0.4, 0.5) is 0 Å². The maximum absolute atomic E-state index is 5.86. The minimum absolute atomic E-state index is 0.612. The van der Waals surface area contributed by atoms with Crippen LogP contribution < -0.4 is 4.74 Å². The van der Waals surface area contributed by atoms with Gasteiger partial charge >= 0.3 is 0 Å². The van der Waals surface area contributed by atoms with E-state index in [0.717, 1.165) is 11.4 Å². The number of methoxy groups -OCH3 is 1. The molecule has 2 aromatic rings. The van der Waals surface area contributed by atoms with Gasteiger partial charge in [-0.05, 0) is 25.1 Å². The Morgan fingerprint density at radius 1 is 1.40 bits per heavy atom. The number of hydrogen-bond acceptors (Lipinski definition) is 3. The molecule has 1 heterocycles. The summed E-state index contributed by atoms with van der Waals surface area (Å²) < 4.78 is 5.21. The van der Waals surface area contributed by atoms with Gasteiger partial charge in [0.15, 0.2) is 5.82 Å². The van der Waals surface area contributed by atoms with Crippen LogP contribution in [0.3, 0.4) is 0 Å². The van der Waals surface area contributed by atoms with E-state index in [0.29, 0.717) is 16.6 Å². The van der Waals surface area contributed by atoms with Gasteiger partial charge in [0.1, 0.15) is 11.6 Å². The summed E-state index contributed by atoms with van der Waals surface area (Å²) in [5.74, 6) is 2.05. The van der Waals surface area contributed by atoms with Crippen molar-refractivity contribution in [2.24, 2.45) is 0 Å². The third kappa shape index (κ3) is 1.94. The Bertz CT molecular complexity index is 481. The van der Waals surface area contributed by atoms with Crippen LogP contribution in [0.2, 0.25) is 5.02 Å². The molecular formula is C10H10ClN3O. The zero-order valence-electron chi connectivity index (χ0n) is 8.41. The normalized spacial score (nSPS) is 10.3. The number of nitrogens with one attached hydrogen (secondary N) is 1. The number of benzene rings is 1. The minimum atomic E-state index is 0.612. The summed E-state index contributed by atoms with van der Waals surface area (Å²) in [4.78, 5) is 4.23. The Hall–Kier alpha value is -1.55. The smallest absolute Gasteiger partial charge is 0.184 e. The summed E-state index contributed by atoms with van der Waals surface area (Å²) in [7, 11) is 1.59. The van der Waals surface area contributed by atoms with Gasteiger partial charge in [0.25, 0.3) is 0 Å². The minimum Gasteiger partial charge on any atom is -0.496 e. The number of aromatic nitrogens is 3. The lowest BCUT2D eigenvalue weighted by atomic mass is 10.2. The second-order valence-corrected chi connectivity index (χ2v) is 3.53. The van der Waals surface area contributed by atoms with Gasteiger partial charge < -0.3 is 4.74 Å². The summed E-state index contributed by atoms with van der Waals surface area (Å²) in [5.41, 5.74) is 0.825. The van der Waals surface area contributed by atoms with Gasteiger partial charge in [-0.1, -0.05) is 11.6 Å². The molecule has 0 aliphatic heterocycles. The number of aromatic amines is 1. The number of rotatable bonds is 2. The van der Waals surface area contributed by atoms with Gasteiger partial charge in [0.05, 0.1) is 12.7 Å². The Balaban J connectivity index is 2.52. The SMILES string of the molecule is COc1cc(Cl)ccc1-c1n[nH]c(C)n1. The van der Waals surface area contributed by atoms with Crippen molar-refractivity contribution in [2.75, 3.05) is 7.11 Å². The van der Waals surface area contributed by atoms with E-state index >= 15 is 0 Å². The zero-order valence-corrected chi connectivity index (χ0v) is 9.17. The topological polar surface area (TPSA) is 50.8 Å². The molecule has 0 aliphatic carbocycles. The molecule has 2 rings (SSSR count). The molecule has 0 spiro atoms. The maximum Gasteiger partial charge on any atom is 0.184 e. The van der Waals surface area contributed by atoms with E-state index in [2.05, 4.69) is 15.2 Å². The van der Waals surface area contributed by atoms with Crippen LogP contribution in [0.15, 0.2) is 18.2 Å². The van der Waals surface area contributed by atoms with Gasteiger partial charge in [-0.25, -0.2) is 4.98 Å². The summed E-state index contributed by atoms with van der Waals surface area (Å²) in [6, 6.07) is 5.36. The van der Waals surface area contributed by atoms with Crippen molar-refractivity contribution in [3.8, 4) is 17.1 Å². The summed E-state index contributed by atoms with van der Waals surface area (Å²) in [6.45, 7) is 1.85. The lowest BCUT2D eigenvalue weighted by Crippen LogP contribution is -1.89. The predicted octanol–water partition coefficient (Wildman–Crippen LogP) is 2.44. The van der Waals surface area contributed by atoms with E-state index in [9.17, 15) is 0 Å². The predicted molar refractivity (Wildman–Crippen MR) is 58.1 cm³/mol. The summed E-state index contributed by atoms with van der Waals surface area (Å²) in [6.07, 6.45) is 0. The second-order valence-electron chi connectivity index (χ2n) is 3.09. The van der Waals surface area contributed by atoms with Crippen molar-refractivity contribution in [3.05, 3.63) is 29.0 Å². The van der Waals surface area contributed by atoms with Crippen LogP contribution in [-0.4, -0.2) is 22.3 Å². The number of H-pyrrole nitrogens is 1. The standard InChI is InChI=1S/C10H10ClN3O/c1-6-12-10(14-13-6)8-4-3-7(11)5-9(8)15-2/h3-5H,1-2H3,(H,12,13,14). The third-order valence-corrected chi connectivity index (χ3v) is 2.24. The molecule has 1 aromatic carbocycles. The first-order valence-corrected chi connectivity index (χ1v) is 4.81. The molecule has 78 valence electrons. The average molecular weight is 224 g/mol. The first kappa shape index (κ1) is 9.98. The number of hydrogen-bond donors (Lipinski definition) is 1. The molecule has 0 radical (unpaired) electrons. The molecule has 0 saturated carbocycles. The van der Waals surface area contributed by atoms with Gasteiger partial charge in [-0.2, -0.15) is 5.10 Å². The van der Waals surface area contributed by atoms with Crippen molar-refractivity contribution in [1.82, 2.24) is 15.2 Å². The highest BCUT2D eigenvalue weighted by atomic mass is 35.5. The first-order chi connectivity index (χ1) is 7.20. The Kier molecular flexibility index (Phi) is 2.60. The average Bonchev–Trinajstić information content (AvgIpc) is 2.64. The fraction of sp³-hybridized carbons (Fsp3) is 0.200. The molecule has 0 amide bonds. The molecule has 1 aromatic heterocycles. The lowest BCUT2D eigenvalue weighted by Gasteiger charge is -2.05. The van der Waals surface area contributed by atoms with Crippen LogP contribution in [0.5, 0.6) is 5.75 Å². The van der Waals surface area contributed by atoms with Gasteiger partial charge in [-0.15, -0.1) is 0 Å². The van der Waals surface area contributed by atoms with Gasteiger partial charge in [-0.3, -0.25) is 5.10 Å². The van der Waals surface area contributed by atoms with Crippen LogP contribution in [0, 0.1) is 6.92 Å². The molecule has 0 saturated heterocycles. The number of ether oxygens (including phenoxy) is 1. The highest BCUT2D eigenvalue weighted by Gasteiger charge is 2.10. The van der Waals surface area contributed by atoms with E-state index in [-0.39, 0.29) is 0 Å². The molecule has 1 N–H and O–H groups in total. The van der Waals surface area contributed by atoms with Crippen LogP contribution in [-0.2, 0) is 0 Å². The first-order valence-electron chi connectivity index (χ1n) is 4.43. The Morgan fingerprint density at radius 3 is 2.80 bits per heavy atom. The highest BCUT2D eigenvalue weighted by Crippen LogP contribution is 2.29. The number of halogens is 1. The molecule has 0 aliphatic rings. The van der Waals surface area contributed by atoms with Crippen molar-refractivity contribution >= 4 is 11.6 Å². The van der Waals surface area contributed by atoms with E-state index in [1.165, 1.54) is 0 Å². The zero-order chi connectivity index (χ0) is 10.8. The molecule has 4 nitrogen and oxygen atoms in total. The molecule has 15 heavy (non-hydrogen) atoms. The molecule has 0 bridgehead atoms. The van der Waals surface area contributed by atoms with E-state index < -0.39 is 0 Å². The largest absolute Gasteiger partial charge is 0.496 e. The fourth-order valence-corrected chi connectivity index (χ4v) is 1.48. The Labute approximate surface area is 92.3 Å². The van der Waals surface area contributed by atoms with E-state index in [1.54, 1.807) is 19.2 Å². The maximum atomic E-state index is 5.86. The van der Waals surface area contributed by atoms with Crippen molar-refractivity contribution < 1.29 is 4.74 Å². The van der Waals surface area contributed by atoms with Crippen molar-refractivity contribution in [3.63, 3.8) is 0 Å². The van der Waals surface area contributed by atoms with Gasteiger partial charge in [0.2, 0.25) is 0 Å².